The summed E-state index contributed by atoms with van der Waals surface area (Å²) in [5.41, 5.74) is 0. The Hall–Kier alpha value is -3.93. The van der Waals surface area contributed by atoms with Crippen molar-refractivity contribution in [2.75, 3.05) is 13.2 Å². The molecule has 0 aliphatic rings. The Balaban J connectivity index is 4.50. The van der Waals surface area contributed by atoms with Gasteiger partial charge in [0, 0.05) is 19.3 Å². The molecule has 0 aliphatic carbocycles. The van der Waals surface area contributed by atoms with Gasteiger partial charge in [-0.25, -0.2) is 0 Å². The van der Waals surface area contributed by atoms with E-state index in [1.807, 2.05) is 0 Å². The second-order valence-electron chi connectivity index (χ2n) is 17.0. The first-order valence-electron chi connectivity index (χ1n) is 26.4. The number of ether oxygens (including phenoxy) is 3. The van der Waals surface area contributed by atoms with Crippen LogP contribution >= 0.6 is 0 Å². The summed E-state index contributed by atoms with van der Waals surface area (Å²) in [4.78, 5) is 38.0. The standard InChI is InChI=1S/C59H96O6/c1-4-7-10-13-16-19-22-25-28-29-32-34-37-40-43-46-49-52-58(61)64-55-56(65-59(62)53-50-47-44-41-38-35-31-27-24-21-18-15-12-9-6-3)54-63-57(60)51-48-45-42-39-36-33-30-26-23-20-17-14-11-8-5-2/h8-9,11-12,16-21,25-28,30-32,34,56H,4-7,10,13-15,22-24,29,33,35-55H2,1-3H3/b11-8+,12-9+,19-16+,20-17+,21-18+,28-25+,30-26+,31-27+,34-32+/t56-/m1/s1. The topological polar surface area (TPSA) is 78.9 Å². The molecule has 0 amide bonds. The molecule has 0 rings (SSSR count). The number of rotatable bonds is 46. The summed E-state index contributed by atoms with van der Waals surface area (Å²) in [7, 11) is 0. The lowest BCUT2D eigenvalue weighted by Crippen LogP contribution is -2.30. The van der Waals surface area contributed by atoms with Gasteiger partial charge in [-0.2, -0.15) is 0 Å². The van der Waals surface area contributed by atoms with E-state index < -0.39 is 6.10 Å². The lowest BCUT2D eigenvalue weighted by Gasteiger charge is -2.18. The molecule has 0 saturated heterocycles. The quantitative estimate of drug-likeness (QED) is 0.0262. The van der Waals surface area contributed by atoms with Crippen LogP contribution in [0.3, 0.4) is 0 Å². The van der Waals surface area contributed by atoms with Crippen molar-refractivity contribution < 1.29 is 28.6 Å². The second kappa shape index (κ2) is 52.7. The monoisotopic (exact) mass is 901 g/mol. The number of hydrogen-bond acceptors (Lipinski definition) is 6. The van der Waals surface area contributed by atoms with E-state index in [9.17, 15) is 14.4 Å². The van der Waals surface area contributed by atoms with E-state index in [4.69, 9.17) is 14.2 Å². The molecular formula is C59H96O6. The molecule has 0 radical (unpaired) electrons. The lowest BCUT2D eigenvalue weighted by molar-refractivity contribution is -0.167. The predicted octanol–water partition coefficient (Wildman–Crippen LogP) is 17.5. The highest BCUT2D eigenvalue weighted by Gasteiger charge is 2.19. The summed E-state index contributed by atoms with van der Waals surface area (Å²) in [5.74, 6) is -0.962. The van der Waals surface area contributed by atoms with Gasteiger partial charge < -0.3 is 14.2 Å². The minimum atomic E-state index is -0.806. The maximum atomic E-state index is 12.8. The van der Waals surface area contributed by atoms with Crippen LogP contribution in [-0.2, 0) is 28.6 Å². The highest BCUT2D eigenvalue weighted by atomic mass is 16.6. The average molecular weight is 901 g/mol. The summed E-state index contributed by atoms with van der Waals surface area (Å²) >= 11 is 0. The van der Waals surface area contributed by atoms with E-state index >= 15 is 0 Å². The van der Waals surface area contributed by atoms with E-state index in [0.29, 0.717) is 19.3 Å². The van der Waals surface area contributed by atoms with Crippen LogP contribution in [-0.4, -0.2) is 37.2 Å². The number of allylic oxidation sites excluding steroid dienone is 18. The molecular weight excluding hydrogens is 805 g/mol. The number of unbranched alkanes of at least 4 members (excludes halogenated alkanes) is 17. The molecule has 0 N–H and O–H groups in total. The van der Waals surface area contributed by atoms with Gasteiger partial charge in [0.25, 0.3) is 0 Å². The number of esters is 3. The van der Waals surface area contributed by atoms with Crippen LogP contribution in [0.15, 0.2) is 109 Å². The van der Waals surface area contributed by atoms with Crippen molar-refractivity contribution in [2.45, 2.75) is 232 Å². The first kappa shape index (κ1) is 61.1. The summed E-state index contributed by atoms with van der Waals surface area (Å²) in [6.07, 6.45) is 70.7. The molecule has 65 heavy (non-hydrogen) atoms. The van der Waals surface area contributed by atoms with Gasteiger partial charge in [0.2, 0.25) is 0 Å². The minimum Gasteiger partial charge on any atom is -0.462 e. The van der Waals surface area contributed by atoms with Gasteiger partial charge in [-0.1, -0.05) is 194 Å². The Labute approximate surface area is 400 Å². The molecule has 0 bridgehead atoms. The van der Waals surface area contributed by atoms with Gasteiger partial charge in [-0.15, -0.1) is 0 Å². The number of carbonyl (C=O) groups excluding carboxylic acids is 3. The van der Waals surface area contributed by atoms with Crippen LogP contribution in [0.2, 0.25) is 0 Å². The highest BCUT2D eigenvalue weighted by Crippen LogP contribution is 2.13. The van der Waals surface area contributed by atoms with E-state index in [0.717, 1.165) is 161 Å². The Morgan fingerprint density at radius 2 is 0.600 bits per heavy atom. The van der Waals surface area contributed by atoms with Gasteiger partial charge >= 0.3 is 17.9 Å². The van der Waals surface area contributed by atoms with Crippen LogP contribution in [0.1, 0.15) is 226 Å². The molecule has 6 heteroatoms. The van der Waals surface area contributed by atoms with E-state index in [2.05, 4.69) is 130 Å². The third kappa shape index (κ3) is 50.9. The Bertz CT molecular complexity index is 1360. The Kier molecular flexibility index (Phi) is 49.5. The normalized spacial score (nSPS) is 13.0. The van der Waals surface area contributed by atoms with Crippen molar-refractivity contribution >= 4 is 17.9 Å². The maximum absolute atomic E-state index is 12.8. The third-order valence-electron chi connectivity index (χ3n) is 10.7. The third-order valence-corrected chi connectivity index (χ3v) is 10.7. The van der Waals surface area contributed by atoms with Gasteiger partial charge in [0.15, 0.2) is 6.10 Å². The van der Waals surface area contributed by atoms with Crippen LogP contribution in [0.25, 0.3) is 0 Å². The smallest absolute Gasteiger partial charge is 0.306 e. The van der Waals surface area contributed by atoms with Crippen molar-refractivity contribution in [3.8, 4) is 0 Å². The molecule has 6 nitrogen and oxygen atoms in total. The second-order valence-corrected chi connectivity index (χ2v) is 17.0. The van der Waals surface area contributed by atoms with Crippen molar-refractivity contribution in [1.82, 2.24) is 0 Å². The van der Waals surface area contributed by atoms with E-state index in [1.165, 1.54) is 25.7 Å². The largest absolute Gasteiger partial charge is 0.462 e. The van der Waals surface area contributed by atoms with Gasteiger partial charge in [-0.3, -0.25) is 14.4 Å². The molecule has 0 fully saturated rings. The van der Waals surface area contributed by atoms with Gasteiger partial charge in [-0.05, 0) is 122 Å². The zero-order chi connectivity index (χ0) is 47.2. The zero-order valence-electron chi connectivity index (χ0n) is 42.0. The fraction of sp³-hybridized carbons (Fsp3) is 0.644. The van der Waals surface area contributed by atoms with Crippen LogP contribution < -0.4 is 0 Å². The fourth-order valence-corrected chi connectivity index (χ4v) is 6.83. The molecule has 0 unspecified atom stereocenters. The summed E-state index contributed by atoms with van der Waals surface area (Å²) in [6.45, 7) is 6.33. The molecule has 0 aromatic heterocycles. The van der Waals surface area contributed by atoms with Crippen molar-refractivity contribution in [2.24, 2.45) is 0 Å². The average Bonchev–Trinajstić information content (AvgIpc) is 3.30. The zero-order valence-corrected chi connectivity index (χ0v) is 42.0. The SMILES string of the molecule is CC/C=C/C/C=C/C/C=C/CCCCCCCC(=O)OC[C@H](COC(=O)CCCCCC/C=C/C/C=C/C/C=C/CCCCC)OC(=O)CCCCCCC/C=C/C/C=C/C/C=C/CC. The molecule has 0 heterocycles. The van der Waals surface area contributed by atoms with E-state index in [-0.39, 0.29) is 31.1 Å². The first-order valence-corrected chi connectivity index (χ1v) is 26.4. The molecule has 368 valence electrons. The molecule has 0 spiro atoms. The number of carbonyl (C=O) groups is 3. The maximum Gasteiger partial charge on any atom is 0.306 e. The summed E-state index contributed by atoms with van der Waals surface area (Å²) in [5, 5.41) is 0. The molecule has 0 aromatic carbocycles. The fourth-order valence-electron chi connectivity index (χ4n) is 6.83. The van der Waals surface area contributed by atoms with Crippen molar-refractivity contribution in [3.05, 3.63) is 109 Å². The molecule has 1 atom stereocenters. The molecule has 0 aliphatic heterocycles. The Morgan fingerprint density at radius 3 is 0.938 bits per heavy atom. The van der Waals surface area contributed by atoms with Crippen LogP contribution in [0.5, 0.6) is 0 Å². The van der Waals surface area contributed by atoms with Gasteiger partial charge in [0.05, 0.1) is 0 Å². The molecule has 0 saturated carbocycles. The summed E-state index contributed by atoms with van der Waals surface area (Å²) in [6, 6.07) is 0. The molecule has 0 aromatic rings. The minimum absolute atomic E-state index is 0.104. The van der Waals surface area contributed by atoms with Crippen molar-refractivity contribution in [1.29, 1.82) is 0 Å². The first-order chi connectivity index (χ1) is 32.0. The van der Waals surface area contributed by atoms with Crippen molar-refractivity contribution in [3.63, 3.8) is 0 Å². The summed E-state index contributed by atoms with van der Waals surface area (Å²) < 4.78 is 16.8. The van der Waals surface area contributed by atoms with Crippen LogP contribution in [0.4, 0.5) is 0 Å². The lowest BCUT2D eigenvalue weighted by atomic mass is 10.1. The van der Waals surface area contributed by atoms with E-state index in [1.54, 1.807) is 0 Å². The highest BCUT2D eigenvalue weighted by molar-refractivity contribution is 5.71. The predicted molar refractivity (Wildman–Crippen MR) is 279 cm³/mol. The van der Waals surface area contributed by atoms with Gasteiger partial charge in [0.1, 0.15) is 13.2 Å². The van der Waals surface area contributed by atoms with Crippen LogP contribution in [0, 0.1) is 0 Å². The number of hydrogen-bond donors (Lipinski definition) is 0. The Morgan fingerprint density at radius 1 is 0.323 bits per heavy atom.